The summed E-state index contributed by atoms with van der Waals surface area (Å²) in [4.78, 5) is 16.9. The third kappa shape index (κ3) is 6.26. The second kappa shape index (κ2) is 11.2. The number of carbonyl (C=O) groups is 1. The predicted molar refractivity (Wildman–Crippen MR) is 128 cm³/mol. The molecule has 8 heteroatoms. The number of thiazole rings is 1. The molecule has 0 aliphatic rings. The number of methoxy groups -OCH3 is 1. The highest BCUT2D eigenvalue weighted by Gasteiger charge is 2.12. The van der Waals surface area contributed by atoms with Gasteiger partial charge in [-0.05, 0) is 31.4 Å². The minimum absolute atomic E-state index is 0.257. The van der Waals surface area contributed by atoms with Crippen LogP contribution >= 0.6 is 22.9 Å². The first-order valence-electron chi connectivity index (χ1n) is 10.3. The highest BCUT2D eigenvalue weighted by atomic mass is 35.5. The number of benzene rings is 1. The molecular weight excluding hydrogens is 432 g/mol. The lowest BCUT2D eigenvalue weighted by atomic mass is 10.1. The summed E-state index contributed by atoms with van der Waals surface area (Å²) in [5.74, 6) is -0.257. The average molecular weight is 459 g/mol. The molecule has 1 aromatic carbocycles. The molecule has 2 heterocycles. The summed E-state index contributed by atoms with van der Waals surface area (Å²) in [6.07, 6.45) is 6.12. The standard InChI is InChI=1S/C23H27ClN4O2S/c1-4-5-13-28-22(24)19(16(2)27-28)10-11-21(29)26-23-25-20(15-31-23)18-8-6-17(7-9-18)12-14-30-3/h6-11,15H,4-5,12-14H2,1-3H3,(H,25,26,29)/b11-10+. The van der Waals surface area contributed by atoms with Crippen molar-refractivity contribution in [3.63, 3.8) is 0 Å². The molecule has 2 aromatic heterocycles. The van der Waals surface area contributed by atoms with E-state index in [4.69, 9.17) is 16.3 Å². The number of halogens is 1. The molecule has 1 amide bonds. The zero-order valence-electron chi connectivity index (χ0n) is 18.0. The lowest BCUT2D eigenvalue weighted by Crippen LogP contribution is -2.07. The number of aromatic nitrogens is 3. The minimum atomic E-state index is -0.257. The van der Waals surface area contributed by atoms with Crippen LogP contribution in [0.4, 0.5) is 5.13 Å². The third-order valence-corrected chi connectivity index (χ3v) is 5.97. The summed E-state index contributed by atoms with van der Waals surface area (Å²) < 4.78 is 6.89. The fraction of sp³-hybridized carbons (Fsp3) is 0.348. The molecule has 0 fully saturated rings. The van der Waals surface area contributed by atoms with E-state index in [2.05, 4.69) is 34.5 Å². The maximum atomic E-state index is 12.4. The Morgan fingerprint density at radius 3 is 2.81 bits per heavy atom. The molecule has 6 nitrogen and oxygen atoms in total. The molecule has 31 heavy (non-hydrogen) atoms. The van der Waals surface area contributed by atoms with E-state index in [9.17, 15) is 4.79 Å². The van der Waals surface area contributed by atoms with E-state index < -0.39 is 0 Å². The lowest BCUT2D eigenvalue weighted by molar-refractivity contribution is -0.111. The summed E-state index contributed by atoms with van der Waals surface area (Å²) in [6.45, 7) is 5.48. The van der Waals surface area contributed by atoms with Crippen molar-refractivity contribution in [2.75, 3.05) is 19.0 Å². The van der Waals surface area contributed by atoms with Gasteiger partial charge in [0.1, 0.15) is 5.15 Å². The van der Waals surface area contributed by atoms with Crippen LogP contribution in [0.2, 0.25) is 5.15 Å². The van der Waals surface area contributed by atoms with E-state index in [0.29, 0.717) is 16.9 Å². The number of ether oxygens (including phenoxy) is 1. The predicted octanol–water partition coefficient (Wildman–Crippen LogP) is 5.61. The summed E-state index contributed by atoms with van der Waals surface area (Å²) >= 11 is 7.81. The highest BCUT2D eigenvalue weighted by molar-refractivity contribution is 7.14. The molecule has 0 radical (unpaired) electrons. The number of amides is 1. The van der Waals surface area contributed by atoms with Crippen LogP contribution in [0.25, 0.3) is 17.3 Å². The number of unbranched alkanes of at least 4 members (excludes halogenated alkanes) is 1. The maximum absolute atomic E-state index is 12.4. The summed E-state index contributed by atoms with van der Waals surface area (Å²) in [5, 5.41) is 10.3. The summed E-state index contributed by atoms with van der Waals surface area (Å²) in [5.41, 5.74) is 4.62. The van der Waals surface area contributed by atoms with Crippen molar-refractivity contribution in [1.82, 2.24) is 14.8 Å². The van der Waals surface area contributed by atoms with Crippen LogP contribution in [0.1, 0.15) is 36.6 Å². The van der Waals surface area contributed by atoms with Crippen LogP contribution in [0, 0.1) is 6.92 Å². The lowest BCUT2D eigenvalue weighted by Gasteiger charge is -2.02. The minimum Gasteiger partial charge on any atom is -0.384 e. The largest absolute Gasteiger partial charge is 0.384 e. The first-order valence-corrected chi connectivity index (χ1v) is 11.5. The van der Waals surface area contributed by atoms with Gasteiger partial charge in [0, 0.05) is 36.2 Å². The monoisotopic (exact) mass is 458 g/mol. The van der Waals surface area contributed by atoms with Gasteiger partial charge in [0.15, 0.2) is 5.13 Å². The zero-order chi connectivity index (χ0) is 22.2. The maximum Gasteiger partial charge on any atom is 0.250 e. The molecule has 0 saturated carbocycles. The topological polar surface area (TPSA) is 69.0 Å². The Bertz CT molecular complexity index is 1040. The van der Waals surface area contributed by atoms with Crippen molar-refractivity contribution in [2.24, 2.45) is 0 Å². The van der Waals surface area contributed by atoms with E-state index in [1.165, 1.54) is 23.0 Å². The number of rotatable bonds is 10. The van der Waals surface area contributed by atoms with Crippen molar-refractivity contribution < 1.29 is 9.53 Å². The van der Waals surface area contributed by atoms with Gasteiger partial charge in [-0.25, -0.2) is 4.98 Å². The Morgan fingerprint density at radius 1 is 1.32 bits per heavy atom. The number of nitrogens with one attached hydrogen (secondary N) is 1. The van der Waals surface area contributed by atoms with Crippen LogP contribution in [0.5, 0.6) is 0 Å². The van der Waals surface area contributed by atoms with Gasteiger partial charge in [0.25, 0.3) is 0 Å². The van der Waals surface area contributed by atoms with E-state index in [1.54, 1.807) is 17.9 Å². The van der Waals surface area contributed by atoms with Crippen molar-refractivity contribution in [2.45, 2.75) is 39.7 Å². The van der Waals surface area contributed by atoms with Crippen LogP contribution in [-0.4, -0.2) is 34.4 Å². The molecule has 164 valence electrons. The quantitative estimate of drug-likeness (QED) is 0.401. The molecule has 1 N–H and O–H groups in total. The molecule has 0 saturated heterocycles. The first-order chi connectivity index (χ1) is 15.0. The SMILES string of the molecule is CCCCn1nc(C)c(/C=C/C(=O)Nc2nc(-c3ccc(CCOC)cc3)cs2)c1Cl. The van der Waals surface area contributed by atoms with Gasteiger partial charge in [-0.1, -0.05) is 49.2 Å². The smallest absolute Gasteiger partial charge is 0.250 e. The molecular formula is C23H27ClN4O2S. The number of hydrogen-bond acceptors (Lipinski definition) is 5. The Balaban J connectivity index is 1.62. The Hall–Kier alpha value is -2.48. The highest BCUT2D eigenvalue weighted by Crippen LogP contribution is 2.26. The van der Waals surface area contributed by atoms with E-state index in [1.807, 2.05) is 24.4 Å². The van der Waals surface area contributed by atoms with E-state index in [-0.39, 0.29) is 5.91 Å². The number of aryl methyl sites for hydroxylation is 2. The number of nitrogens with zero attached hydrogens (tertiary/aromatic N) is 3. The molecule has 3 aromatic rings. The van der Waals surface area contributed by atoms with Crippen molar-refractivity contribution >= 4 is 40.1 Å². The Kier molecular flexibility index (Phi) is 8.40. The van der Waals surface area contributed by atoms with Crippen LogP contribution < -0.4 is 5.32 Å². The van der Waals surface area contributed by atoms with Crippen molar-refractivity contribution in [3.05, 3.63) is 57.7 Å². The van der Waals surface area contributed by atoms with Crippen molar-refractivity contribution in [3.8, 4) is 11.3 Å². The molecule has 0 aliphatic heterocycles. The summed E-state index contributed by atoms with van der Waals surface area (Å²) in [7, 11) is 1.70. The van der Waals surface area contributed by atoms with Crippen LogP contribution in [0.3, 0.4) is 0 Å². The number of hydrogen-bond donors (Lipinski definition) is 1. The van der Waals surface area contributed by atoms with E-state index in [0.717, 1.165) is 48.3 Å². The third-order valence-electron chi connectivity index (χ3n) is 4.81. The zero-order valence-corrected chi connectivity index (χ0v) is 19.6. The second-order valence-corrected chi connectivity index (χ2v) is 8.38. The average Bonchev–Trinajstić information content (AvgIpc) is 3.33. The van der Waals surface area contributed by atoms with Crippen LogP contribution in [-0.2, 0) is 22.5 Å². The molecule has 0 aliphatic carbocycles. The number of carbonyl (C=O) groups excluding carboxylic acids is 1. The fourth-order valence-electron chi connectivity index (χ4n) is 3.04. The fourth-order valence-corrected chi connectivity index (χ4v) is 4.09. The van der Waals surface area contributed by atoms with Crippen molar-refractivity contribution in [1.29, 1.82) is 0 Å². The molecule has 3 rings (SSSR count). The first kappa shape index (κ1) is 23.2. The van der Waals surface area contributed by atoms with Gasteiger partial charge in [-0.3, -0.25) is 14.8 Å². The molecule has 0 spiro atoms. The van der Waals surface area contributed by atoms with Crippen LogP contribution in [0.15, 0.2) is 35.7 Å². The van der Waals surface area contributed by atoms with Gasteiger partial charge in [-0.2, -0.15) is 5.10 Å². The molecule has 0 atom stereocenters. The molecule has 0 unspecified atom stereocenters. The van der Waals surface area contributed by atoms with Gasteiger partial charge in [-0.15, -0.1) is 11.3 Å². The van der Waals surface area contributed by atoms with Gasteiger partial charge >= 0.3 is 0 Å². The second-order valence-electron chi connectivity index (χ2n) is 7.17. The van der Waals surface area contributed by atoms with E-state index >= 15 is 0 Å². The molecule has 0 bridgehead atoms. The Labute approximate surface area is 191 Å². The Morgan fingerprint density at radius 2 is 2.10 bits per heavy atom. The normalized spacial score (nSPS) is 11.4. The van der Waals surface area contributed by atoms with Gasteiger partial charge in [0.2, 0.25) is 5.91 Å². The number of anilines is 1. The summed E-state index contributed by atoms with van der Waals surface area (Å²) in [6, 6.07) is 8.21. The van der Waals surface area contributed by atoms with Gasteiger partial charge < -0.3 is 4.74 Å². The van der Waals surface area contributed by atoms with Gasteiger partial charge in [0.05, 0.1) is 18.0 Å².